The Bertz CT molecular complexity index is 1550. The molecule has 0 radical (unpaired) electrons. The Balaban J connectivity index is 1.26. The van der Waals surface area contributed by atoms with Crippen molar-refractivity contribution in [2.75, 3.05) is 29.8 Å². The minimum absolute atomic E-state index is 0.126. The van der Waals surface area contributed by atoms with Gasteiger partial charge >= 0.3 is 11.9 Å². The van der Waals surface area contributed by atoms with Crippen LogP contribution in [0.15, 0.2) is 69.4 Å². The van der Waals surface area contributed by atoms with E-state index >= 15 is 0 Å². The van der Waals surface area contributed by atoms with Crippen LogP contribution in [-0.2, 0) is 24.1 Å². The molecule has 2 aliphatic rings. The van der Waals surface area contributed by atoms with E-state index in [2.05, 4.69) is 26.0 Å². The van der Waals surface area contributed by atoms with Gasteiger partial charge in [-0.15, -0.1) is 40.3 Å². The number of oxime groups is 1. The van der Waals surface area contributed by atoms with Crippen molar-refractivity contribution in [1.82, 2.24) is 20.3 Å². The number of fused-ring (bicyclic) bond motifs is 1. The topological polar surface area (TPSA) is 165 Å². The first kappa shape index (κ1) is 28.7. The number of carbonyl (C=O) groups is 3. The third-order valence-corrected chi connectivity index (χ3v) is 8.95. The normalized spacial score (nSPS) is 16.5. The van der Waals surface area contributed by atoms with E-state index in [0.29, 0.717) is 34.5 Å². The maximum Gasteiger partial charge on any atom is 0.379 e. The van der Waals surface area contributed by atoms with Gasteiger partial charge in [0.25, 0.3) is 0 Å². The number of carbonyl (C=O) groups excluding carboxylic acids is 3. The lowest BCUT2D eigenvalue weighted by atomic mass is 10.1. The lowest BCUT2D eigenvalue weighted by molar-refractivity contribution is -0.643. The molecule has 0 aromatic carbocycles. The molecule has 0 saturated carbocycles. The molecule has 5 heterocycles. The van der Waals surface area contributed by atoms with E-state index in [1.807, 2.05) is 24.5 Å². The highest BCUT2D eigenvalue weighted by Gasteiger charge is 2.46. The molecule has 0 bridgehead atoms. The smallest absolute Gasteiger partial charge is 0.379 e. The van der Waals surface area contributed by atoms with E-state index in [-0.39, 0.29) is 33.5 Å². The number of halogens is 1. The molecule has 1 fully saturated rings. The molecule has 3 aromatic heterocycles. The Kier molecular flexibility index (Phi) is 8.92. The van der Waals surface area contributed by atoms with E-state index in [4.69, 9.17) is 27.0 Å². The molecule has 0 unspecified atom stereocenters. The van der Waals surface area contributed by atoms with Gasteiger partial charge in [-0.1, -0.05) is 27.5 Å². The number of hydrogen-bond acceptors (Lipinski definition) is 13. The lowest BCUT2D eigenvalue weighted by Crippen LogP contribution is -2.54. The number of aromatic nitrogens is 3. The first-order valence-electron chi connectivity index (χ1n) is 11.9. The van der Waals surface area contributed by atoms with Crippen LogP contribution in [0.5, 0.6) is 0 Å². The summed E-state index contributed by atoms with van der Waals surface area (Å²) in [6, 6.07) is 9.08. The number of thioether (sulfide) groups is 2. The van der Waals surface area contributed by atoms with Gasteiger partial charge in [-0.05, 0) is 17.7 Å². The number of nitrogens with zero attached hydrogens (tertiary/aromatic N) is 5. The Morgan fingerprint density at radius 3 is 2.78 bits per heavy atom. The highest BCUT2D eigenvalue weighted by atomic mass is 35.5. The number of nitrogens with two attached hydrogens (primary N) is 1. The molecule has 5 rings (SSSR count). The van der Waals surface area contributed by atoms with Crippen molar-refractivity contribution >= 4 is 80.9 Å². The molecule has 0 spiro atoms. The first-order valence-corrected chi connectivity index (χ1v) is 15.1. The number of thiazole rings is 1. The lowest BCUT2D eigenvalue weighted by Gasteiger charge is -2.44. The van der Waals surface area contributed by atoms with Crippen LogP contribution in [0.4, 0.5) is 10.9 Å². The molecule has 0 aliphatic carbocycles. The van der Waals surface area contributed by atoms with Crippen LogP contribution in [0.2, 0.25) is 5.15 Å². The van der Waals surface area contributed by atoms with Crippen LogP contribution in [0.25, 0.3) is 0 Å². The van der Waals surface area contributed by atoms with Crippen molar-refractivity contribution in [2.24, 2.45) is 5.16 Å². The van der Waals surface area contributed by atoms with Crippen molar-refractivity contribution < 1.29 is 28.7 Å². The molecule has 1 atom stereocenters. The summed E-state index contributed by atoms with van der Waals surface area (Å²) in [7, 11) is 1.26. The average molecular weight is 634 g/mol. The van der Waals surface area contributed by atoms with Gasteiger partial charge in [-0.25, -0.2) is 14.8 Å². The van der Waals surface area contributed by atoms with Crippen LogP contribution >= 0.6 is 46.5 Å². The van der Waals surface area contributed by atoms with Crippen molar-refractivity contribution in [2.45, 2.75) is 16.7 Å². The minimum Gasteiger partial charge on any atom is -0.398 e. The van der Waals surface area contributed by atoms with Crippen LogP contribution in [-0.4, -0.2) is 62.4 Å². The summed E-state index contributed by atoms with van der Waals surface area (Å²) >= 11 is 10.1. The van der Waals surface area contributed by atoms with Crippen molar-refractivity contribution in [1.29, 1.82) is 0 Å². The number of hydrogen-bond donors (Lipinski definition) is 3. The Morgan fingerprint density at radius 1 is 1.29 bits per heavy atom. The van der Waals surface area contributed by atoms with Crippen LogP contribution < -0.4 is 21.3 Å². The summed E-state index contributed by atoms with van der Waals surface area (Å²) in [5, 5.41) is 5.64. The molecule has 2 amide bonds. The average Bonchev–Trinajstić information content (AvgIpc) is 3.39. The Labute approximate surface area is 251 Å². The predicted molar refractivity (Wildman–Crippen MR) is 155 cm³/mol. The van der Waals surface area contributed by atoms with E-state index in [0.717, 1.165) is 16.2 Å². The summed E-state index contributed by atoms with van der Waals surface area (Å²) < 4.78 is 1.73. The van der Waals surface area contributed by atoms with Gasteiger partial charge in [0.15, 0.2) is 16.7 Å². The number of pyridine rings is 2. The highest BCUT2D eigenvalue weighted by Crippen LogP contribution is 2.41. The molecule has 212 valence electrons. The number of β-lactam (4-membered cyclic amide) rings is 1. The summed E-state index contributed by atoms with van der Waals surface area (Å²) in [5.41, 5.74) is 11.6. The molecule has 2 aliphatic heterocycles. The van der Waals surface area contributed by atoms with Crippen LogP contribution in [0.1, 0.15) is 12.1 Å². The molecule has 3 aromatic rings. The molecule has 4 N–H and O–H groups in total. The molecular weight excluding hydrogens is 612 g/mol. The third kappa shape index (κ3) is 6.73. The fraction of sp³-hybridized carbons (Fsp3) is 0.208. The van der Waals surface area contributed by atoms with E-state index < -0.39 is 11.9 Å². The second-order valence-electron chi connectivity index (χ2n) is 8.39. The minimum atomic E-state index is -0.863. The second kappa shape index (κ2) is 12.8. The number of anilines is 2. The number of nitrogens with one attached hydrogen (secondary N) is 2. The summed E-state index contributed by atoms with van der Waals surface area (Å²) in [4.78, 5) is 58.7. The molecule has 13 nitrogen and oxygen atoms in total. The van der Waals surface area contributed by atoms with Crippen molar-refractivity contribution in [3.05, 3.63) is 70.2 Å². The fourth-order valence-corrected chi connectivity index (χ4v) is 6.82. The molecular formula is C24H22ClN8O5S3+. The maximum atomic E-state index is 13.2. The highest BCUT2D eigenvalue weighted by molar-refractivity contribution is 8.01. The van der Waals surface area contributed by atoms with Gasteiger partial charge in [0.1, 0.15) is 23.7 Å². The summed E-state index contributed by atoms with van der Waals surface area (Å²) in [6.07, 6.45) is 3.98. The zero-order valence-electron chi connectivity index (χ0n) is 21.3. The third-order valence-electron chi connectivity index (χ3n) is 5.69. The summed E-state index contributed by atoms with van der Waals surface area (Å²) in [5.74, 6) is -0.368. The quantitative estimate of drug-likeness (QED) is 0.0790. The predicted octanol–water partition coefficient (Wildman–Crippen LogP) is 2.21. The Morgan fingerprint density at radius 2 is 2.10 bits per heavy atom. The number of amides is 2. The van der Waals surface area contributed by atoms with Crippen LogP contribution in [0.3, 0.4) is 0 Å². The summed E-state index contributed by atoms with van der Waals surface area (Å²) in [6.45, 7) is 0. The number of nitrogen functional groups attached to an aromatic ring is 1. The van der Waals surface area contributed by atoms with E-state index in [1.165, 1.54) is 29.2 Å². The number of rotatable bonds is 9. The van der Waals surface area contributed by atoms with Crippen molar-refractivity contribution in [3.8, 4) is 0 Å². The largest absolute Gasteiger partial charge is 0.398 e. The van der Waals surface area contributed by atoms with Crippen molar-refractivity contribution in [3.63, 3.8) is 0 Å². The molecule has 1 saturated heterocycles. The second-order valence-corrected chi connectivity index (χ2v) is 11.9. The monoisotopic (exact) mass is 633 g/mol. The van der Waals surface area contributed by atoms with E-state index in [9.17, 15) is 14.4 Å². The first-order chi connectivity index (χ1) is 19.8. The van der Waals surface area contributed by atoms with Crippen LogP contribution in [0, 0.1) is 0 Å². The number of hydroxylamine groups is 1. The van der Waals surface area contributed by atoms with Gasteiger partial charge in [0, 0.05) is 33.9 Å². The van der Waals surface area contributed by atoms with Gasteiger partial charge < -0.3 is 15.4 Å². The van der Waals surface area contributed by atoms with E-state index in [1.54, 1.807) is 34.6 Å². The van der Waals surface area contributed by atoms with Gasteiger partial charge in [-0.3, -0.25) is 14.5 Å². The molecule has 41 heavy (non-hydrogen) atoms. The standard InChI is InChI=1S/C24H21ClN8O5S3/c1-37-30-20(15-12-41-24(26)27-15)22(35)31-38-23(36)21-13(11-40-19-9-18(34)33(19)21)10-39-14-5-7-32(8-6-14)29-17-4-2-3-16(25)28-17/h2-8,12,19H,9-11H2,1H3,(H3-,26,27,28,29,31,35)/p+1/b30-20-/t19-/m0/s1. The SMILES string of the molecule is CO/N=C(\C(=O)NOC(=O)C1=C(CSc2cc[n+](Nc3cccc(Cl)n3)cc2)CS[C@H]2CC(=O)N12)c1csc(N)n1. The van der Waals surface area contributed by atoms with Gasteiger partial charge in [0.2, 0.25) is 18.3 Å². The Hall–Kier alpha value is -3.86. The van der Waals surface area contributed by atoms with Gasteiger partial charge in [-0.2, -0.15) is 5.48 Å². The molecule has 17 heteroatoms. The maximum absolute atomic E-state index is 13.2. The zero-order valence-corrected chi connectivity index (χ0v) is 24.5. The zero-order chi connectivity index (χ0) is 28.9. The fourth-order valence-electron chi connectivity index (χ4n) is 3.82. The van der Waals surface area contributed by atoms with Gasteiger partial charge in [0.05, 0.1) is 11.8 Å².